The summed E-state index contributed by atoms with van der Waals surface area (Å²) >= 11 is 0. The van der Waals surface area contributed by atoms with E-state index in [0.717, 1.165) is 43.3 Å². The first-order chi connectivity index (χ1) is 12.5. The molecule has 2 aromatic rings. The molecule has 26 heavy (non-hydrogen) atoms. The van der Waals surface area contributed by atoms with Gasteiger partial charge in [-0.1, -0.05) is 30.3 Å². The van der Waals surface area contributed by atoms with Crippen molar-refractivity contribution in [3.8, 4) is 5.75 Å². The molecule has 1 atom stereocenters. The molecule has 0 radical (unpaired) electrons. The van der Waals surface area contributed by atoms with Gasteiger partial charge in [-0.3, -0.25) is 4.90 Å². The van der Waals surface area contributed by atoms with Crippen LogP contribution in [-0.4, -0.2) is 40.1 Å². The fourth-order valence-corrected chi connectivity index (χ4v) is 4.48. The topological polar surface area (TPSA) is 58.6 Å². The van der Waals surface area contributed by atoms with Gasteiger partial charge in [-0.05, 0) is 44.1 Å². The second-order valence-electron chi connectivity index (χ2n) is 6.28. The molecular weight excluding hydrogens is 355 g/mol. The normalized spacial score (nSPS) is 16.5. The summed E-state index contributed by atoms with van der Waals surface area (Å²) in [5.74, 6) is -0.0375. The summed E-state index contributed by atoms with van der Waals surface area (Å²) in [7, 11) is -2.34. The van der Waals surface area contributed by atoms with E-state index in [1.54, 1.807) is 7.11 Å². The lowest BCUT2D eigenvalue weighted by Crippen LogP contribution is -2.37. The largest absolute Gasteiger partial charge is 0.496 e. The van der Waals surface area contributed by atoms with E-state index in [-0.39, 0.29) is 17.5 Å². The van der Waals surface area contributed by atoms with Crippen LogP contribution in [-0.2, 0) is 10.0 Å². The van der Waals surface area contributed by atoms with Crippen molar-refractivity contribution in [1.29, 1.82) is 0 Å². The van der Waals surface area contributed by atoms with Crippen molar-refractivity contribution >= 4 is 10.0 Å². The van der Waals surface area contributed by atoms with E-state index >= 15 is 0 Å². The molecule has 140 valence electrons. The summed E-state index contributed by atoms with van der Waals surface area (Å²) in [5.41, 5.74) is 0.924. The third-order valence-corrected chi connectivity index (χ3v) is 6.13. The Morgan fingerprint density at radius 1 is 1.12 bits per heavy atom. The standard InChI is InChI=1S/C19H23FN2O3S/c1-25-18-10-4-2-8-15(18)17(22-12-6-7-13-22)14-21-26(23,24)19-11-5-3-9-16(19)20/h2-5,8-11,17,21H,6-7,12-14H2,1H3/t17-/m0/s1. The fraction of sp³-hybridized carbons (Fsp3) is 0.368. The molecule has 1 saturated heterocycles. The van der Waals surface area contributed by atoms with Crippen LogP contribution < -0.4 is 9.46 Å². The minimum atomic E-state index is -3.94. The second kappa shape index (κ2) is 8.16. The van der Waals surface area contributed by atoms with Gasteiger partial charge in [0, 0.05) is 12.1 Å². The summed E-state index contributed by atoms with van der Waals surface area (Å²) < 4.78 is 47.1. The Kier molecular flexibility index (Phi) is 5.90. The van der Waals surface area contributed by atoms with Crippen LogP contribution in [0, 0.1) is 5.82 Å². The van der Waals surface area contributed by atoms with Gasteiger partial charge in [-0.2, -0.15) is 0 Å². The van der Waals surface area contributed by atoms with E-state index in [0.29, 0.717) is 0 Å². The first-order valence-corrected chi connectivity index (χ1v) is 10.1. The number of nitrogens with one attached hydrogen (secondary N) is 1. The van der Waals surface area contributed by atoms with Gasteiger partial charge in [0.05, 0.1) is 13.2 Å². The van der Waals surface area contributed by atoms with Gasteiger partial charge in [0.15, 0.2) is 0 Å². The van der Waals surface area contributed by atoms with Crippen molar-refractivity contribution in [2.45, 2.75) is 23.8 Å². The number of sulfonamides is 1. The van der Waals surface area contributed by atoms with Crippen LogP contribution in [0.15, 0.2) is 53.4 Å². The lowest BCUT2D eigenvalue weighted by molar-refractivity contribution is 0.240. The van der Waals surface area contributed by atoms with E-state index < -0.39 is 15.8 Å². The highest BCUT2D eigenvalue weighted by Gasteiger charge is 2.28. The smallest absolute Gasteiger partial charge is 0.243 e. The van der Waals surface area contributed by atoms with E-state index in [1.807, 2.05) is 24.3 Å². The number of hydrogen-bond donors (Lipinski definition) is 1. The van der Waals surface area contributed by atoms with E-state index in [4.69, 9.17) is 4.74 Å². The first kappa shape index (κ1) is 18.8. The third kappa shape index (κ3) is 4.06. The van der Waals surface area contributed by atoms with Crippen LogP contribution in [0.4, 0.5) is 4.39 Å². The molecule has 1 aliphatic rings. The molecule has 0 aliphatic carbocycles. The van der Waals surface area contributed by atoms with Gasteiger partial charge in [0.25, 0.3) is 0 Å². The molecule has 0 bridgehead atoms. The van der Waals surface area contributed by atoms with Crippen molar-refractivity contribution in [3.05, 3.63) is 59.9 Å². The molecule has 1 heterocycles. The van der Waals surface area contributed by atoms with Gasteiger partial charge in [0.1, 0.15) is 16.5 Å². The van der Waals surface area contributed by atoms with E-state index in [2.05, 4.69) is 9.62 Å². The Balaban J connectivity index is 1.86. The number of likely N-dealkylation sites (tertiary alicyclic amines) is 1. The van der Waals surface area contributed by atoms with Gasteiger partial charge >= 0.3 is 0 Å². The molecule has 1 fully saturated rings. The molecular formula is C19H23FN2O3S. The molecule has 3 rings (SSSR count). The van der Waals surface area contributed by atoms with E-state index in [1.165, 1.54) is 18.2 Å². The zero-order valence-corrected chi connectivity index (χ0v) is 15.5. The number of hydrogen-bond acceptors (Lipinski definition) is 4. The third-order valence-electron chi connectivity index (χ3n) is 4.67. The highest BCUT2D eigenvalue weighted by molar-refractivity contribution is 7.89. The number of benzene rings is 2. The highest BCUT2D eigenvalue weighted by Crippen LogP contribution is 2.31. The van der Waals surface area contributed by atoms with Crippen molar-refractivity contribution < 1.29 is 17.5 Å². The van der Waals surface area contributed by atoms with Crippen LogP contribution >= 0.6 is 0 Å². The Bertz CT molecular complexity index is 851. The summed E-state index contributed by atoms with van der Waals surface area (Å²) in [6, 6.07) is 12.8. The van der Waals surface area contributed by atoms with Crippen molar-refractivity contribution in [2.24, 2.45) is 0 Å². The van der Waals surface area contributed by atoms with Crippen molar-refractivity contribution in [1.82, 2.24) is 9.62 Å². The SMILES string of the molecule is COc1ccccc1[C@H](CNS(=O)(=O)c1ccccc1F)N1CCCC1. The molecule has 0 aromatic heterocycles. The molecule has 0 amide bonds. The van der Waals surface area contributed by atoms with Crippen LogP contribution in [0.5, 0.6) is 5.75 Å². The second-order valence-corrected chi connectivity index (χ2v) is 8.02. The predicted octanol–water partition coefficient (Wildman–Crippen LogP) is 2.95. The predicted molar refractivity (Wildman–Crippen MR) is 98.1 cm³/mol. The maximum absolute atomic E-state index is 13.9. The minimum Gasteiger partial charge on any atom is -0.496 e. The Labute approximate surface area is 153 Å². The van der Waals surface area contributed by atoms with Gasteiger partial charge < -0.3 is 4.74 Å². The van der Waals surface area contributed by atoms with Crippen LogP contribution in [0.2, 0.25) is 0 Å². The molecule has 5 nitrogen and oxygen atoms in total. The van der Waals surface area contributed by atoms with Gasteiger partial charge in [-0.25, -0.2) is 17.5 Å². The quantitative estimate of drug-likeness (QED) is 0.805. The fourth-order valence-electron chi connectivity index (χ4n) is 3.36. The number of methoxy groups -OCH3 is 1. The maximum Gasteiger partial charge on any atom is 0.243 e. The maximum atomic E-state index is 13.9. The van der Waals surface area contributed by atoms with Crippen molar-refractivity contribution in [2.75, 3.05) is 26.7 Å². The molecule has 7 heteroatoms. The molecule has 0 spiro atoms. The lowest BCUT2D eigenvalue weighted by atomic mass is 10.0. The Morgan fingerprint density at radius 3 is 2.46 bits per heavy atom. The molecule has 0 unspecified atom stereocenters. The lowest BCUT2D eigenvalue weighted by Gasteiger charge is -2.29. The summed E-state index contributed by atoms with van der Waals surface area (Å²) in [4.78, 5) is 1.90. The van der Waals surface area contributed by atoms with Gasteiger partial charge in [-0.15, -0.1) is 0 Å². The average molecular weight is 378 g/mol. The number of nitrogens with zero attached hydrogens (tertiary/aromatic N) is 1. The zero-order valence-electron chi connectivity index (χ0n) is 14.7. The minimum absolute atomic E-state index is 0.150. The Morgan fingerprint density at radius 2 is 1.77 bits per heavy atom. The number of ether oxygens (including phenoxy) is 1. The summed E-state index contributed by atoms with van der Waals surface area (Å²) in [5, 5.41) is 0. The molecule has 1 N–H and O–H groups in total. The molecule has 0 saturated carbocycles. The van der Waals surface area contributed by atoms with Gasteiger partial charge in [0.2, 0.25) is 10.0 Å². The average Bonchev–Trinajstić information content (AvgIpc) is 3.17. The van der Waals surface area contributed by atoms with Crippen LogP contribution in [0.1, 0.15) is 24.4 Å². The number of rotatable bonds is 7. The summed E-state index contributed by atoms with van der Waals surface area (Å²) in [6.45, 7) is 1.94. The summed E-state index contributed by atoms with van der Waals surface area (Å²) in [6.07, 6.45) is 2.15. The van der Waals surface area contributed by atoms with Crippen LogP contribution in [0.3, 0.4) is 0 Å². The molecule has 1 aliphatic heterocycles. The highest BCUT2D eigenvalue weighted by atomic mass is 32.2. The first-order valence-electron chi connectivity index (χ1n) is 8.64. The Hall–Kier alpha value is -1.96. The van der Waals surface area contributed by atoms with Crippen LogP contribution in [0.25, 0.3) is 0 Å². The number of halogens is 1. The molecule has 2 aromatic carbocycles. The van der Waals surface area contributed by atoms with Crippen molar-refractivity contribution in [3.63, 3.8) is 0 Å². The van der Waals surface area contributed by atoms with E-state index in [9.17, 15) is 12.8 Å². The monoisotopic (exact) mass is 378 g/mol. The zero-order chi connectivity index (χ0) is 18.6. The number of para-hydroxylation sites is 1.